The molecule has 1 saturated heterocycles. The topological polar surface area (TPSA) is 49.9 Å². The Labute approximate surface area is 202 Å². The zero-order chi connectivity index (χ0) is 23.7. The summed E-state index contributed by atoms with van der Waals surface area (Å²) in [6, 6.07) is 17.3. The zero-order valence-corrected chi connectivity index (χ0v) is 20.5. The molecule has 1 aliphatic rings. The van der Waals surface area contributed by atoms with E-state index in [-0.39, 0.29) is 11.8 Å². The van der Waals surface area contributed by atoms with Gasteiger partial charge in [-0.2, -0.15) is 0 Å². The Morgan fingerprint density at radius 2 is 1.85 bits per heavy atom. The van der Waals surface area contributed by atoms with Crippen LogP contribution in [0.25, 0.3) is 0 Å². The molecule has 0 radical (unpaired) electrons. The first-order valence-electron chi connectivity index (χ1n) is 11.8. The lowest BCUT2D eigenvalue weighted by Gasteiger charge is -2.43. The smallest absolute Gasteiger partial charge is 0.223 e. The SMILES string of the molecule is CCCCC(=O)N1CCCC(COc2ccc(Cl)cc2)(CC(=O)N(C)Cc2ccccc2)C1. The van der Waals surface area contributed by atoms with E-state index in [1.54, 1.807) is 17.0 Å². The summed E-state index contributed by atoms with van der Waals surface area (Å²) < 4.78 is 6.14. The quantitative estimate of drug-likeness (QED) is 0.456. The predicted molar refractivity (Wildman–Crippen MR) is 132 cm³/mol. The number of benzene rings is 2. The number of carbonyl (C=O) groups is 2. The van der Waals surface area contributed by atoms with Crippen molar-refractivity contribution in [1.82, 2.24) is 9.80 Å². The molecule has 0 spiro atoms. The highest BCUT2D eigenvalue weighted by Gasteiger charge is 2.40. The molecule has 0 N–H and O–H groups in total. The normalized spacial score (nSPS) is 18.1. The van der Waals surface area contributed by atoms with Gasteiger partial charge in [0.2, 0.25) is 11.8 Å². The van der Waals surface area contributed by atoms with E-state index in [0.717, 1.165) is 43.5 Å². The second-order valence-electron chi connectivity index (χ2n) is 9.18. The molecule has 2 aromatic rings. The molecule has 1 fully saturated rings. The maximum atomic E-state index is 13.3. The number of halogens is 1. The Morgan fingerprint density at radius 1 is 1.12 bits per heavy atom. The Hall–Kier alpha value is -2.53. The van der Waals surface area contributed by atoms with Crippen LogP contribution in [0.5, 0.6) is 5.75 Å². The van der Waals surface area contributed by atoms with Crippen molar-refractivity contribution in [2.45, 2.75) is 52.0 Å². The number of amides is 2. The van der Waals surface area contributed by atoms with Gasteiger partial charge in [-0.15, -0.1) is 0 Å². The maximum Gasteiger partial charge on any atom is 0.223 e. The van der Waals surface area contributed by atoms with Crippen LogP contribution in [0.4, 0.5) is 0 Å². The van der Waals surface area contributed by atoms with Crippen LogP contribution in [-0.2, 0) is 16.1 Å². The third-order valence-electron chi connectivity index (χ3n) is 6.33. The van der Waals surface area contributed by atoms with Crippen molar-refractivity contribution < 1.29 is 14.3 Å². The van der Waals surface area contributed by atoms with Crippen molar-refractivity contribution in [3.63, 3.8) is 0 Å². The molecule has 2 aromatic carbocycles. The largest absolute Gasteiger partial charge is 0.493 e. The van der Waals surface area contributed by atoms with Gasteiger partial charge in [0.1, 0.15) is 5.75 Å². The molecule has 6 heteroatoms. The molecule has 33 heavy (non-hydrogen) atoms. The number of unbranched alkanes of at least 4 members (excludes halogenated alkanes) is 1. The average Bonchev–Trinajstić information content (AvgIpc) is 2.83. The summed E-state index contributed by atoms with van der Waals surface area (Å²) in [6.07, 6.45) is 4.52. The van der Waals surface area contributed by atoms with Gasteiger partial charge in [0, 0.05) is 50.0 Å². The zero-order valence-electron chi connectivity index (χ0n) is 19.8. The summed E-state index contributed by atoms with van der Waals surface area (Å²) in [5.41, 5.74) is 0.682. The van der Waals surface area contributed by atoms with Crippen molar-refractivity contribution in [2.75, 3.05) is 26.7 Å². The van der Waals surface area contributed by atoms with Crippen molar-refractivity contribution in [3.05, 3.63) is 65.2 Å². The standard InChI is InChI=1S/C27H35ClN2O3/c1-3-4-11-25(31)30-17-8-16-27(20-30,21-33-24-14-12-23(28)13-15-24)18-26(32)29(2)19-22-9-6-5-7-10-22/h5-7,9-10,12-15H,3-4,8,11,16-21H2,1-2H3. The van der Waals surface area contributed by atoms with Crippen LogP contribution in [0.3, 0.4) is 0 Å². The summed E-state index contributed by atoms with van der Waals surface area (Å²) in [7, 11) is 1.84. The molecule has 3 rings (SSSR count). The van der Waals surface area contributed by atoms with Gasteiger partial charge in [0.25, 0.3) is 0 Å². The van der Waals surface area contributed by atoms with Crippen LogP contribution in [0.2, 0.25) is 5.02 Å². The monoisotopic (exact) mass is 470 g/mol. The average molecular weight is 471 g/mol. The first kappa shape index (κ1) is 25.1. The Balaban J connectivity index is 1.72. The summed E-state index contributed by atoms with van der Waals surface area (Å²) in [5.74, 6) is 0.970. The molecular weight excluding hydrogens is 436 g/mol. The molecule has 1 aliphatic heterocycles. The number of hydrogen-bond donors (Lipinski definition) is 0. The van der Waals surface area contributed by atoms with Crippen molar-refractivity contribution in [3.8, 4) is 5.75 Å². The number of hydrogen-bond acceptors (Lipinski definition) is 3. The van der Waals surface area contributed by atoms with Gasteiger partial charge in [-0.25, -0.2) is 0 Å². The lowest BCUT2D eigenvalue weighted by atomic mass is 9.77. The van der Waals surface area contributed by atoms with E-state index in [2.05, 4.69) is 6.92 Å². The van der Waals surface area contributed by atoms with Gasteiger partial charge in [0.05, 0.1) is 6.61 Å². The molecule has 178 valence electrons. The fourth-order valence-corrected chi connectivity index (χ4v) is 4.51. The van der Waals surface area contributed by atoms with Gasteiger partial charge in [-0.3, -0.25) is 9.59 Å². The molecule has 1 heterocycles. The first-order valence-corrected chi connectivity index (χ1v) is 12.2. The summed E-state index contributed by atoms with van der Waals surface area (Å²) in [5, 5.41) is 0.653. The third kappa shape index (κ3) is 7.50. The van der Waals surface area contributed by atoms with Crippen LogP contribution in [0.1, 0.15) is 51.0 Å². The highest BCUT2D eigenvalue weighted by atomic mass is 35.5. The molecule has 0 aromatic heterocycles. The minimum absolute atomic E-state index is 0.0708. The molecule has 0 aliphatic carbocycles. The summed E-state index contributed by atoms with van der Waals surface area (Å²) in [6.45, 7) is 4.34. The van der Waals surface area contributed by atoms with Crippen molar-refractivity contribution in [2.24, 2.45) is 5.41 Å². The van der Waals surface area contributed by atoms with E-state index in [1.165, 1.54) is 0 Å². The predicted octanol–water partition coefficient (Wildman–Crippen LogP) is 5.57. The minimum atomic E-state index is -0.415. The molecular formula is C27H35ClN2O3. The third-order valence-corrected chi connectivity index (χ3v) is 6.58. The van der Waals surface area contributed by atoms with Gasteiger partial charge in [0.15, 0.2) is 0 Å². The molecule has 0 bridgehead atoms. The number of ether oxygens (including phenoxy) is 1. The van der Waals surface area contributed by atoms with E-state index in [1.807, 2.05) is 54.4 Å². The van der Waals surface area contributed by atoms with Crippen molar-refractivity contribution >= 4 is 23.4 Å². The van der Waals surface area contributed by atoms with Crippen LogP contribution < -0.4 is 4.74 Å². The number of carbonyl (C=O) groups excluding carboxylic acids is 2. The van der Waals surface area contributed by atoms with Crippen LogP contribution in [0.15, 0.2) is 54.6 Å². The van der Waals surface area contributed by atoms with Gasteiger partial charge in [-0.1, -0.05) is 55.3 Å². The van der Waals surface area contributed by atoms with Gasteiger partial charge < -0.3 is 14.5 Å². The fourth-order valence-electron chi connectivity index (χ4n) is 4.39. The Morgan fingerprint density at radius 3 is 2.55 bits per heavy atom. The maximum absolute atomic E-state index is 13.3. The lowest BCUT2D eigenvalue weighted by Crippen LogP contribution is -2.50. The fraction of sp³-hybridized carbons (Fsp3) is 0.481. The Bertz CT molecular complexity index is 903. The molecule has 1 unspecified atom stereocenters. The van der Waals surface area contributed by atoms with Crippen LogP contribution >= 0.6 is 11.6 Å². The van der Waals surface area contributed by atoms with E-state index >= 15 is 0 Å². The number of nitrogens with zero attached hydrogens (tertiary/aromatic N) is 2. The van der Waals surface area contributed by atoms with Crippen LogP contribution in [0, 0.1) is 5.41 Å². The minimum Gasteiger partial charge on any atom is -0.493 e. The first-order chi connectivity index (χ1) is 15.9. The highest BCUT2D eigenvalue weighted by Crippen LogP contribution is 2.36. The van der Waals surface area contributed by atoms with Crippen LogP contribution in [-0.4, -0.2) is 48.4 Å². The van der Waals surface area contributed by atoms with E-state index in [0.29, 0.717) is 37.6 Å². The van der Waals surface area contributed by atoms with E-state index < -0.39 is 5.41 Å². The van der Waals surface area contributed by atoms with Crippen molar-refractivity contribution in [1.29, 1.82) is 0 Å². The number of rotatable bonds is 10. The molecule has 2 amide bonds. The van der Waals surface area contributed by atoms with Gasteiger partial charge in [-0.05, 0) is 49.1 Å². The summed E-state index contributed by atoms with van der Waals surface area (Å²) in [4.78, 5) is 29.8. The highest BCUT2D eigenvalue weighted by molar-refractivity contribution is 6.30. The molecule has 0 saturated carbocycles. The number of piperidine rings is 1. The lowest BCUT2D eigenvalue weighted by molar-refractivity contribution is -0.141. The number of likely N-dealkylation sites (tertiary alicyclic amines) is 1. The summed E-state index contributed by atoms with van der Waals surface area (Å²) >= 11 is 6.00. The Kier molecular flexibility index (Phi) is 9.19. The van der Waals surface area contributed by atoms with Gasteiger partial charge >= 0.3 is 0 Å². The van der Waals surface area contributed by atoms with E-state index in [9.17, 15) is 9.59 Å². The second-order valence-corrected chi connectivity index (χ2v) is 9.61. The molecule has 1 atom stereocenters. The second kappa shape index (κ2) is 12.1. The van der Waals surface area contributed by atoms with E-state index in [4.69, 9.17) is 16.3 Å². The molecule has 5 nitrogen and oxygen atoms in total.